The lowest BCUT2D eigenvalue weighted by molar-refractivity contribution is -0.133. The molecule has 2 heterocycles. The van der Waals surface area contributed by atoms with Crippen molar-refractivity contribution < 1.29 is 19.1 Å². The number of nitrogens with zero attached hydrogens (tertiary/aromatic N) is 1. The fourth-order valence-corrected chi connectivity index (χ4v) is 3.75. The molecule has 2 aliphatic heterocycles. The molecule has 0 saturated heterocycles. The minimum absolute atomic E-state index is 0.148. The average molecular weight is 379 g/mol. The van der Waals surface area contributed by atoms with E-state index < -0.39 is 11.8 Å². The van der Waals surface area contributed by atoms with Crippen molar-refractivity contribution in [3.63, 3.8) is 0 Å². The van der Waals surface area contributed by atoms with Gasteiger partial charge in [0.1, 0.15) is 5.75 Å². The average Bonchev–Trinajstić information content (AvgIpc) is 3.12. The van der Waals surface area contributed by atoms with Crippen LogP contribution in [0.1, 0.15) is 24.5 Å². The topological polar surface area (TPSA) is 87.7 Å². The minimum Gasteiger partial charge on any atom is -0.492 e. The van der Waals surface area contributed by atoms with Crippen LogP contribution in [-0.2, 0) is 27.2 Å². The van der Waals surface area contributed by atoms with Gasteiger partial charge in [-0.1, -0.05) is 12.1 Å². The number of hydrogen-bond donors (Lipinski definition) is 2. The first-order valence-electron chi connectivity index (χ1n) is 9.37. The lowest BCUT2D eigenvalue weighted by Gasteiger charge is -2.25. The first-order chi connectivity index (χ1) is 13.6. The Morgan fingerprint density at radius 3 is 2.54 bits per heavy atom. The molecule has 2 aromatic carbocycles. The van der Waals surface area contributed by atoms with Gasteiger partial charge in [0.2, 0.25) is 5.91 Å². The maximum Gasteiger partial charge on any atom is 0.314 e. The van der Waals surface area contributed by atoms with E-state index >= 15 is 0 Å². The molecule has 2 aromatic rings. The number of nitrogens with one attached hydrogen (secondary N) is 2. The number of carbonyl (C=O) groups is 3. The molecule has 0 fully saturated rings. The summed E-state index contributed by atoms with van der Waals surface area (Å²) in [6.45, 7) is 2.98. The summed E-state index contributed by atoms with van der Waals surface area (Å²) in [7, 11) is 0. The van der Waals surface area contributed by atoms with Crippen LogP contribution < -0.4 is 20.3 Å². The molecule has 2 aliphatic rings. The fourth-order valence-electron chi connectivity index (χ4n) is 3.75. The number of carbonyl (C=O) groups excluding carboxylic acids is 3. The SMILES string of the molecule is CCOc1ccccc1NC(=O)C(=O)Nc1cc2c3c(c1)CCN3C(=O)CC2. The van der Waals surface area contributed by atoms with Gasteiger partial charge in [-0.25, -0.2) is 0 Å². The van der Waals surface area contributed by atoms with Crippen molar-refractivity contribution in [2.45, 2.75) is 26.2 Å². The highest BCUT2D eigenvalue weighted by atomic mass is 16.5. The van der Waals surface area contributed by atoms with Gasteiger partial charge < -0.3 is 20.3 Å². The quantitative estimate of drug-likeness (QED) is 0.799. The van der Waals surface area contributed by atoms with E-state index in [2.05, 4.69) is 10.6 Å². The monoisotopic (exact) mass is 379 g/mol. The van der Waals surface area contributed by atoms with Gasteiger partial charge in [-0.2, -0.15) is 0 Å². The van der Waals surface area contributed by atoms with Crippen LogP contribution in [0.4, 0.5) is 17.1 Å². The van der Waals surface area contributed by atoms with E-state index in [-0.39, 0.29) is 5.91 Å². The second-order valence-corrected chi connectivity index (χ2v) is 6.78. The maximum atomic E-state index is 12.4. The van der Waals surface area contributed by atoms with Gasteiger partial charge in [-0.15, -0.1) is 0 Å². The third-order valence-electron chi connectivity index (χ3n) is 4.95. The third kappa shape index (κ3) is 3.31. The summed E-state index contributed by atoms with van der Waals surface area (Å²) in [5.74, 6) is -0.855. The predicted molar refractivity (Wildman–Crippen MR) is 106 cm³/mol. The Labute approximate surface area is 162 Å². The van der Waals surface area contributed by atoms with Crippen LogP contribution in [0.3, 0.4) is 0 Å². The minimum atomic E-state index is -0.766. The van der Waals surface area contributed by atoms with Crippen molar-refractivity contribution in [2.75, 3.05) is 28.7 Å². The molecule has 28 heavy (non-hydrogen) atoms. The Morgan fingerprint density at radius 1 is 1.04 bits per heavy atom. The van der Waals surface area contributed by atoms with E-state index in [1.807, 2.05) is 24.0 Å². The standard InChI is InChI=1S/C21H21N3O4/c1-2-28-17-6-4-3-5-16(17)23-21(27)20(26)22-15-11-13-7-8-18(25)24-10-9-14(12-15)19(13)24/h3-6,11-12H,2,7-10H2,1H3,(H,22,26)(H,23,27). The maximum absolute atomic E-state index is 12.4. The molecule has 0 unspecified atom stereocenters. The summed E-state index contributed by atoms with van der Waals surface area (Å²) < 4.78 is 5.46. The molecule has 0 aliphatic carbocycles. The van der Waals surface area contributed by atoms with Crippen LogP contribution in [-0.4, -0.2) is 30.9 Å². The Morgan fingerprint density at radius 2 is 1.75 bits per heavy atom. The zero-order valence-electron chi connectivity index (χ0n) is 15.6. The van der Waals surface area contributed by atoms with E-state index in [1.165, 1.54) is 0 Å². The molecular weight excluding hydrogens is 358 g/mol. The zero-order valence-corrected chi connectivity index (χ0v) is 15.6. The van der Waals surface area contributed by atoms with Gasteiger partial charge in [0.25, 0.3) is 0 Å². The Balaban J connectivity index is 1.49. The lowest BCUT2D eigenvalue weighted by Crippen LogP contribution is -2.33. The summed E-state index contributed by atoms with van der Waals surface area (Å²) in [5.41, 5.74) is 4.06. The van der Waals surface area contributed by atoms with Crippen LogP contribution in [0.25, 0.3) is 0 Å². The number of anilines is 3. The molecule has 0 saturated carbocycles. The van der Waals surface area contributed by atoms with Gasteiger partial charge >= 0.3 is 11.8 Å². The van der Waals surface area contributed by atoms with Crippen molar-refractivity contribution in [3.8, 4) is 5.75 Å². The Kier molecular flexibility index (Phi) is 4.73. The second kappa shape index (κ2) is 7.34. The highest BCUT2D eigenvalue weighted by Gasteiger charge is 2.31. The molecule has 3 amide bonds. The highest BCUT2D eigenvalue weighted by Crippen LogP contribution is 2.38. The summed E-state index contributed by atoms with van der Waals surface area (Å²) >= 11 is 0. The molecule has 0 spiro atoms. The number of benzene rings is 2. The molecule has 2 N–H and O–H groups in total. The molecular formula is C21H21N3O4. The van der Waals surface area contributed by atoms with Crippen LogP contribution in [0.15, 0.2) is 36.4 Å². The number of para-hydroxylation sites is 2. The Hall–Kier alpha value is -3.35. The number of amides is 3. The number of hydrogen-bond acceptors (Lipinski definition) is 4. The van der Waals surface area contributed by atoms with E-state index in [4.69, 9.17) is 4.74 Å². The molecule has 7 nitrogen and oxygen atoms in total. The van der Waals surface area contributed by atoms with Crippen LogP contribution >= 0.6 is 0 Å². The first-order valence-corrected chi connectivity index (χ1v) is 9.37. The summed E-state index contributed by atoms with van der Waals surface area (Å²) in [6.07, 6.45) is 1.87. The molecule has 144 valence electrons. The molecule has 0 atom stereocenters. The molecule has 0 radical (unpaired) electrons. The van der Waals surface area contributed by atoms with Crippen LogP contribution in [0, 0.1) is 0 Å². The Bertz CT molecular complexity index is 970. The zero-order chi connectivity index (χ0) is 19.7. The summed E-state index contributed by atoms with van der Waals surface area (Å²) in [5, 5.41) is 5.26. The lowest BCUT2D eigenvalue weighted by atomic mass is 9.98. The number of rotatable bonds is 4. The number of aryl methyl sites for hydroxylation is 1. The molecule has 7 heteroatoms. The molecule has 4 rings (SSSR count). The normalized spacial score (nSPS) is 14.5. The van der Waals surface area contributed by atoms with Gasteiger partial charge in [0.05, 0.1) is 18.0 Å². The van der Waals surface area contributed by atoms with E-state index in [9.17, 15) is 14.4 Å². The van der Waals surface area contributed by atoms with Gasteiger partial charge in [0, 0.05) is 18.7 Å². The van der Waals surface area contributed by atoms with Crippen molar-refractivity contribution >= 4 is 34.8 Å². The van der Waals surface area contributed by atoms with Crippen LogP contribution in [0.5, 0.6) is 5.75 Å². The van der Waals surface area contributed by atoms with Crippen molar-refractivity contribution in [1.29, 1.82) is 0 Å². The summed E-state index contributed by atoms with van der Waals surface area (Å²) in [4.78, 5) is 38.6. The smallest absolute Gasteiger partial charge is 0.314 e. The van der Waals surface area contributed by atoms with Crippen molar-refractivity contribution in [2.24, 2.45) is 0 Å². The number of ether oxygens (including phenoxy) is 1. The van der Waals surface area contributed by atoms with Gasteiger partial charge in [-0.05, 0) is 55.2 Å². The molecule has 0 bridgehead atoms. The first kappa shape index (κ1) is 18.0. The van der Waals surface area contributed by atoms with Crippen molar-refractivity contribution in [1.82, 2.24) is 0 Å². The third-order valence-corrected chi connectivity index (χ3v) is 4.95. The van der Waals surface area contributed by atoms with E-state index in [1.54, 1.807) is 24.3 Å². The summed E-state index contributed by atoms with van der Waals surface area (Å²) in [6, 6.07) is 10.7. The highest BCUT2D eigenvalue weighted by molar-refractivity contribution is 6.43. The largest absolute Gasteiger partial charge is 0.492 e. The van der Waals surface area contributed by atoms with Gasteiger partial charge in [0.15, 0.2) is 0 Å². The van der Waals surface area contributed by atoms with E-state index in [0.29, 0.717) is 43.1 Å². The predicted octanol–water partition coefficient (Wildman–Crippen LogP) is 2.50. The van der Waals surface area contributed by atoms with Crippen molar-refractivity contribution in [3.05, 3.63) is 47.5 Å². The van der Waals surface area contributed by atoms with Gasteiger partial charge in [-0.3, -0.25) is 14.4 Å². The second-order valence-electron chi connectivity index (χ2n) is 6.78. The van der Waals surface area contributed by atoms with E-state index in [0.717, 1.165) is 23.2 Å². The van der Waals surface area contributed by atoms with Crippen LogP contribution in [0.2, 0.25) is 0 Å². The molecule has 0 aromatic heterocycles. The fraction of sp³-hybridized carbons (Fsp3) is 0.286.